The van der Waals surface area contributed by atoms with Crippen molar-refractivity contribution < 1.29 is 36.5 Å². The predicted octanol–water partition coefficient (Wildman–Crippen LogP) is 3.76. The Morgan fingerprint density at radius 1 is 0.615 bits per heavy atom. The highest BCUT2D eigenvalue weighted by molar-refractivity contribution is 7.99. The van der Waals surface area contributed by atoms with Crippen LogP contribution in [0.15, 0.2) is 36.4 Å². The Hall–Kier alpha value is -3.74. The van der Waals surface area contributed by atoms with Gasteiger partial charge in [0.05, 0.1) is 73.5 Å². The predicted molar refractivity (Wildman–Crippen MR) is 204 cm³/mol. The molecule has 52 heavy (non-hydrogen) atoms. The smallest absolute Gasteiger partial charge is 0.242 e. The molecule has 2 aliphatic rings. The van der Waals surface area contributed by atoms with Crippen LogP contribution >= 0.6 is 0 Å². The second kappa shape index (κ2) is 15.7. The van der Waals surface area contributed by atoms with E-state index in [4.69, 9.17) is 29.7 Å². The van der Waals surface area contributed by atoms with Crippen molar-refractivity contribution in [2.75, 3.05) is 52.7 Å². The van der Waals surface area contributed by atoms with Crippen LogP contribution in [0.4, 0.5) is 0 Å². The zero-order chi connectivity index (χ0) is 37.9. The molecule has 0 amide bonds. The summed E-state index contributed by atoms with van der Waals surface area (Å²) in [6, 6.07) is 10.8. The molecule has 16 heteroatoms. The molecule has 2 aliphatic heterocycles. The average Bonchev–Trinajstić information content (AvgIpc) is 3.85. The summed E-state index contributed by atoms with van der Waals surface area (Å²) in [5.41, 5.74) is 5.21. The van der Waals surface area contributed by atoms with Gasteiger partial charge in [-0.25, -0.2) is 36.2 Å². The second-order valence-electron chi connectivity index (χ2n) is 14.4. The lowest BCUT2D eigenvalue weighted by Gasteiger charge is -2.17. The minimum absolute atomic E-state index is 0.0456. The summed E-state index contributed by atoms with van der Waals surface area (Å²) in [7, 11) is -8.26. The van der Waals surface area contributed by atoms with Crippen LogP contribution in [-0.4, -0.2) is 99.7 Å². The SMILES string of the molecule is CC(C)(C)c1cc2[nH]c1ccc1[nH]c(cc1C(C)(C)C)c1nc(ccc3nc2C=C3S(=O)(=O)NCCOCCO)C(S(=O)(=O)NCCOCCO)=C1. The van der Waals surface area contributed by atoms with E-state index in [0.717, 1.165) is 22.2 Å². The van der Waals surface area contributed by atoms with Crippen molar-refractivity contribution >= 4 is 64.1 Å². The molecule has 8 bridgehead atoms. The molecule has 14 nitrogen and oxygen atoms in total. The minimum Gasteiger partial charge on any atom is -0.394 e. The van der Waals surface area contributed by atoms with Crippen LogP contribution in [0.2, 0.25) is 0 Å². The number of aliphatic hydroxyl groups excluding tert-OH is 2. The lowest BCUT2D eigenvalue weighted by atomic mass is 9.87. The van der Waals surface area contributed by atoms with E-state index in [-0.39, 0.29) is 84.8 Å². The summed E-state index contributed by atoms with van der Waals surface area (Å²) in [6.45, 7) is 12.3. The molecule has 0 spiro atoms. The zero-order valence-electron chi connectivity index (χ0n) is 30.3. The van der Waals surface area contributed by atoms with Gasteiger partial charge in [-0.15, -0.1) is 0 Å². The van der Waals surface area contributed by atoms with E-state index in [0.29, 0.717) is 22.4 Å². The van der Waals surface area contributed by atoms with Gasteiger partial charge in [0, 0.05) is 24.1 Å². The van der Waals surface area contributed by atoms with Crippen molar-refractivity contribution in [2.24, 2.45) is 0 Å². The van der Waals surface area contributed by atoms with Gasteiger partial charge in [-0.3, -0.25) is 0 Å². The quantitative estimate of drug-likeness (QED) is 0.131. The third-order valence-corrected chi connectivity index (χ3v) is 11.3. The summed E-state index contributed by atoms with van der Waals surface area (Å²) < 4.78 is 70.2. The van der Waals surface area contributed by atoms with Crippen LogP contribution in [0, 0.1) is 0 Å². The maximum Gasteiger partial charge on any atom is 0.242 e. The van der Waals surface area contributed by atoms with Crippen molar-refractivity contribution in [1.82, 2.24) is 29.4 Å². The summed E-state index contributed by atoms with van der Waals surface area (Å²) >= 11 is 0. The maximum absolute atomic E-state index is 13.7. The first kappa shape index (κ1) is 39.5. The van der Waals surface area contributed by atoms with Gasteiger partial charge >= 0.3 is 0 Å². The molecule has 282 valence electrons. The van der Waals surface area contributed by atoms with Gasteiger partial charge in [0.15, 0.2) is 0 Å². The van der Waals surface area contributed by atoms with Crippen molar-refractivity contribution in [3.05, 3.63) is 70.3 Å². The Kier molecular flexibility index (Phi) is 11.9. The number of hydrogen-bond donors (Lipinski definition) is 6. The molecule has 0 saturated carbocycles. The molecule has 0 saturated heterocycles. The van der Waals surface area contributed by atoms with E-state index in [2.05, 4.69) is 61.0 Å². The largest absolute Gasteiger partial charge is 0.394 e. The van der Waals surface area contributed by atoms with Crippen LogP contribution in [0.1, 0.15) is 75.4 Å². The summed E-state index contributed by atoms with van der Waals surface area (Å²) in [6.07, 6.45) is 2.95. The van der Waals surface area contributed by atoms with E-state index in [9.17, 15) is 16.8 Å². The van der Waals surface area contributed by atoms with Crippen molar-refractivity contribution in [2.45, 2.75) is 52.4 Å². The number of sulfonamides is 2. The van der Waals surface area contributed by atoms with Gasteiger partial charge in [-0.1, -0.05) is 41.5 Å². The number of nitrogens with one attached hydrogen (secondary N) is 4. The van der Waals surface area contributed by atoms with Crippen LogP contribution in [0.25, 0.3) is 44.0 Å². The number of aromatic amines is 2. The zero-order valence-corrected chi connectivity index (χ0v) is 32.0. The van der Waals surface area contributed by atoms with Gasteiger partial charge in [-0.2, -0.15) is 0 Å². The first-order valence-corrected chi connectivity index (χ1v) is 20.0. The molecule has 0 aromatic carbocycles. The molecule has 0 aliphatic carbocycles. The topological polar surface area (TPSA) is 209 Å². The number of aliphatic hydroxyl groups is 2. The number of aromatic nitrogens is 4. The van der Waals surface area contributed by atoms with E-state index in [1.54, 1.807) is 0 Å². The van der Waals surface area contributed by atoms with Crippen LogP contribution in [0.3, 0.4) is 0 Å². The highest BCUT2D eigenvalue weighted by Crippen LogP contribution is 2.35. The molecule has 3 aromatic heterocycles. The molecule has 0 fully saturated rings. The van der Waals surface area contributed by atoms with Crippen molar-refractivity contribution in [3.8, 4) is 0 Å². The summed E-state index contributed by atoms with van der Waals surface area (Å²) in [5.74, 6) is 0. The number of ether oxygens (including phenoxy) is 2. The Labute approximate surface area is 304 Å². The van der Waals surface area contributed by atoms with E-state index < -0.39 is 20.0 Å². The van der Waals surface area contributed by atoms with Crippen molar-refractivity contribution in [3.63, 3.8) is 0 Å². The highest BCUT2D eigenvalue weighted by Gasteiger charge is 2.28. The number of nitrogens with zero attached hydrogens (tertiary/aromatic N) is 2. The Morgan fingerprint density at radius 2 is 1.00 bits per heavy atom. The summed E-state index contributed by atoms with van der Waals surface area (Å²) in [4.78, 5) is 16.1. The third-order valence-electron chi connectivity index (χ3n) is 8.33. The third kappa shape index (κ3) is 9.06. The lowest BCUT2D eigenvalue weighted by Crippen LogP contribution is -2.28. The highest BCUT2D eigenvalue weighted by atomic mass is 32.2. The minimum atomic E-state index is -4.13. The standard InChI is InChI=1S/C36H48N6O8S2/c1-35(2,3)23-19-29-31-21-33(51(45,46)37-11-15-49-17-13-43)27(41-31)9-10-28-34(52(47,48)38-12-16-50-18-14-44)22-32(42-28)30-20-24(36(4,5)6)26(40-30)8-7-25(23)39-29/h7-10,19-22,37-40,43-44H,11-18H2,1-6H3. The normalized spacial score (nSPS) is 14.1. The molecule has 3 aromatic rings. The summed E-state index contributed by atoms with van der Waals surface area (Å²) in [5, 5.41) is 18.0. The van der Waals surface area contributed by atoms with Gasteiger partial charge in [0.2, 0.25) is 20.0 Å². The molecule has 0 radical (unpaired) electrons. The van der Waals surface area contributed by atoms with E-state index in [1.165, 1.54) is 24.3 Å². The fourth-order valence-electron chi connectivity index (χ4n) is 5.81. The Balaban J connectivity index is 1.77. The first-order chi connectivity index (χ1) is 24.4. The molecule has 0 unspecified atom stereocenters. The average molecular weight is 757 g/mol. The molecule has 5 rings (SSSR count). The maximum atomic E-state index is 13.7. The molecular formula is C36H48N6O8S2. The molecule has 5 heterocycles. The lowest BCUT2D eigenvalue weighted by molar-refractivity contribution is 0.0962. The Bertz CT molecular complexity index is 2080. The van der Waals surface area contributed by atoms with E-state index in [1.807, 2.05) is 24.3 Å². The van der Waals surface area contributed by atoms with E-state index >= 15 is 0 Å². The van der Waals surface area contributed by atoms with Crippen LogP contribution in [-0.2, 0) is 40.4 Å². The number of H-pyrrole nitrogens is 2. The monoisotopic (exact) mass is 756 g/mol. The van der Waals surface area contributed by atoms with Gasteiger partial charge in [0.25, 0.3) is 0 Å². The first-order valence-electron chi connectivity index (χ1n) is 17.0. The molecule has 6 N–H and O–H groups in total. The van der Waals surface area contributed by atoms with Gasteiger partial charge < -0.3 is 29.7 Å². The van der Waals surface area contributed by atoms with Crippen LogP contribution < -0.4 is 9.44 Å². The number of hydrogen-bond acceptors (Lipinski definition) is 10. The van der Waals surface area contributed by atoms with Gasteiger partial charge in [-0.05, 0) is 70.5 Å². The Morgan fingerprint density at radius 3 is 1.35 bits per heavy atom. The van der Waals surface area contributed by atoms with Gasteiger partial charge in [0.1, 0.15) is 9.81 Å². The number of rotatable bonds is 14. The van der Waals surface area contributed by atoms with Crippen LogP contribution in [0.5, 0.6) is 0 Å². The van der Waals surface area contributed by atoms with Crippen molar-refractivity contribution in [1.29, 1.82) is 0 Å². The fraction of sp³-hybridized carbons (Fsp3) is 0.444. The molecular weight excluding hydrogens is 709 g/mol. The second-order valence-corrected chi connectivity index (χ2v) is 17.9. The molecule has 0 atom stereocenters. The number of fused-ring (bicyclic) bond motifs is 10. The fourth-order valence-corrected chi connectivity index (χ4v) is 8.13.